The lowest BCUT2D eigenvalue weighted by Crippen LogP contribution is -2.32. The Morgan fingerprint density at radius 2 is 1.50 bits per heavy atom. The van der Waals surface area contributed by atoms with Gasteiger partial charge in [-0.05, 0) is 55.3 Å². The van der Waals surface area contributed by atoms with Gasteiger partial charge < -0.3 is 19.5 Å². The first-order chi connectivity index (χ1) is 16.6. The molecule has 0 radical (unpaired) electrons. The number of carbonyl (C=O) groups is 2. The van der Waals surface area contributed by atoms with Crippen molar-refractivity contribution in [1.29, 1.82) is 0 Å². The minimum Gasteiger partial charge on any atom is -0.492 e. The van der Waals surface area contributed by atoms with Crippen molar-refractivity contribution in [2.75, 3.05) is 18.5 Å². The summed E-state index contributed by atoms with van der Waals surface area (Å²) in [5.41, 5.74) is 4.33. The third-order valence-electron chi connectivity index (χ3n) is 4.53. The van der Waals surface area contributed by atoms with Crippen molar-refractivity contribution >= 4 is 23.7 Å². The summed E-state index contributed by atoms with van der Waals surface area (Å²) in [6.07, 6.45) is 1.42. The summed E-state index contributed by atoms with van der Waals surface area (Å²) in [6, 6.07) is 22.0. The maximum absolute atomic E-state index is 12.2. The molecule has 0 unspecified atom stereocenters. The van der Waals surface area contributed by atoms with E-state index in [0.29, 0.717) is 48.3 Å². The number of hydrogen-bond donors (Lipinski definition) is 2. The van der Waals surface area contributed by atoms with Gasteiger partial charge in [-0.2, -0.15) is 5.10 Å². The highest BCUT2D eigenvalue weighted by molar-refractivity contribution is 6.39. The maximum Gasteiger partial charge on any atom is 0.329 e. The van der Waals surface area contributed by atoms with E-state index in [1.165, 1.54) is 6.21 Å². The van der Waals surface area contributed by atoms with E-state index in [1.807, 2.05) is 44.2 Å². The second kappa shape index (κ2) is 12.6. The molecule has 0 spiro atoms. The van der Waals surface area contributed by atoms with Gasteiger partial charge in [-0.25, -0.2) is 5.43 Å². The molecule has 0 aromatic heterocycles. The molecule has 3 rings (SSSR count). The average molecular weight is 462 g/mol. The van der Waals surface area contributed by atoms with Crippen LogP contribution in [0.15, 0.2) is 77.9 Å². The molecule has 8 nitrogen and oxygen atoms in total. The van der Waals surface area contributed by atoms with Crippen molar-refractivity contribution in [3.8, 4) is 17.2 Å². The fraction of sp³-hybridized carbons (Fsp3) is 0.192. The Bertz CT molecular complexity index is 1130. The molecular weight excluding hydrogens is 434 g/mol. The monoisotopic (exact) mass is 461 g/mol. The second-order valence-electron chi connectivity index (χ2n) is 7.00. The zero-order valence-electron chi connectivity index (χ0n) is 19.1. The molecular formula is C26H27N3O5. The van der Waals surface area contributed by atoms with Crippen molar-refractivity contribution in [2.24, 2.45) is 5.10 Å². The van der Waals surface area contributed by atoms with E-state index in [2.05, 4.69) is 15.8 Å². The van der Waals surface area contributed by atoms with Crippen LogP contribution in [-0.4, -0.2) is 31.2 Å². The number of anilines is 1. The van der Waals surface area contributed by atoms with E-state index in [9.17, 15) is 9.59 Å². The van der Waals surface area contributed by atoms with E-state index < -0.39 is 11.8 Å². The lowest BCUT2D eigenvalue weighted by atomic mass is 10.2. The molecule has 0 atom stereocenters. The molecule has 0 aliphatic heterocycles. The van der Waals surface area contributed by atoms with Crippen LogP contribution in [0.3, 0.4) is 0 Å². The number of hydrazone groups is 1. The van der Waals surface area contributed by atoms with Gasteiger partial charge in [0.05, 0.1) is 25.1 Å². The lowest BCUT2D eigenvalue weighted by Gasteiger charge is -2.12. The Kier molecular flexibility index (Phi) is 9.04. The molecule has 176 valence electrons. The summed E-state index contributed by atoms with van der Waals surface area (Å²) in [6.45, 7) is 5.01. The smallest absolute Gasteiger partial charge is 0.329 e. The van der Waals surface area contributed by atoms with Gasteiger partial charge in [0, 0.05) is 0 Å². The van der Waals surface area contributed by atoms with E-state index in [-0.39, 0.29) is 0 Å². The summed E-state index contributed by atoms with van der Waals surface area (Å²) in [5.74, 6) is -0.134. The molecule has 8 heteroatoms. The van der Waals surface area contributed by atoms with Crippen LogP contribution in [0.5, 0.6) is 17.2 Å². The van der Waals surface area contributed by atoms with Crippen LogP contribution in [0, 0.1) is 0 Å². The Morgan fingerprint density at radius 1 is 0.794 bits per heavy atom. The highest BCUT2D eigenvalue weighted by atomic mass is 16.5. The van der Waals surface area contributed by atoms with Crippen LogP contribution < -0.4 is 25.0 Å². The van der Waals surface area contributed by atoms with E-state index in [4.69, 9.17) is 14.2 Å². The van der Waals surface area contributed by atoms with Gasteiger partial charge >= 0.3 is 11.8 Å². The Balaban J connectivity index is 1.59. The van der Waals surface area contributed by atoms with Crippen LogP contribution in [0.4, 0.5) is 5.69 Å². The van der Waals surface area contributed by atoms with Gasteiger partial charge in [0.25, 0.3) is 0 Å². The Morgan fingerprint density at radius 3 is 2.26 bits per heavy atom. The molecule has 2 amide bonds. The summed E-state index contributed by atoms with van der Waals surface area (Å²) in [4.78, 5) is 24.3. The quantitative estimate of drug-likeness (QED) is 0.269. The van der Waals surface area contributed by atoms with Crippen LogP contribution in [-0.2, 0) is 16.2 Å². The number of para-hydroxylation sites is 2. The van der Waals surface area contributed by atoms with Crippen LogP contribution in [0.1, 0.15) is 25.0 Å². The van der Waals surface area contributed by atoms with Gasteiger partial charge in [0.15, 0.2) is 11.5 Å². The molecule has 3 aromatic rings. The van der Waals surface area contributed by atoms with Crippen molar-refractivity contribution in [3.63, 3.8) is 0 Å². The van der Waals surface area contributed by atoms with E-state index >= 15 is 0 Å². The summed E-state index contributed by atoms with van der Waals surface area (Å²) in [7, 11) is 0. The standard InChI is InChI=1S/C26H27N3O5/c1-3-32-22-13-9-8-12-21(22)28-25(30)26(31)29-27-17-20-14-15-23(24(16-20)33-4-2)34-18-19-10-6-5-7-11-19/h5-17H,3-4,18H2,1-2H3,(H,28,30)(H,29,31)/b27-17-. The number of benzene rings is 3. The van der Waals surface area contributed by atoms with Gasteiger partial charge in [-0.3, -0.25) is 9.59 Å². The molecule has 0 saturated carbocycles. The van der Waals surface area contributed by atoms with Gasteiger partial charge in [0.2, 0.25) is 0 Å². The van der Waals surface area contributed by atoms with Crippen LogP contribution in [0.2, 0.25) is 0 Å². The number of ether oxygens (including phenoxy) is 3. The molecule has 0 fully saturated rings. The van der Waals surface area contributed by atoms with Crippen LogP contribution in [0.25, 0.3) is 0 Å². The molecule has 0 saturated heterocycles. The maximum atomic E-state index is 12.2. The SMILES string of the molecule is CCOc1ccccc1NC(=O)C(=O)N/N=C\c1ccc(OCc2ccccc2)c(OCC)c1. The number of nitrogens with one attached hydrogen (secondary N) is 2. The number of rotatable bonds is 10. The molecule has 3 aromatic carbocycles. The van der Waals surface area contributed by atoms with Crippen molar-refractivity contribution in [3.05, 3.63) is 83.9 Å². The molecule has 0 heterocycles. The van der Waals surface area contributed by atoms with Gasteiger partial charge in [0.1, 0.15) is 12.4 Å². The molecule has 0 aliphatic rings. The number of carbonyl (C=O) groups excluding carboxylic acids is 2. The van der Waals surface area contributed by atoms with Gasteiger partial charge in [-0.1, -0.05) is 42.5 Å². The largest absolute Gasteiger partial charge is 0.492 e. The molecule has 0 aliphatic carbocycles. The fourth-order valence-corrected chi connectivity index (χ4v) is 2.97. The van der Waals surface area contributed by atoms with E-state index in [1.54, 1.807) is 42.5 Å². The number of amides is 2. The van der Waals surface area contributed by atoms with Crippen molar-refractivity contribution < 1.29 is 23.8 Å². The van der Waals surface area contributed by atoms with E-state index in [0.717, 1.165) is 5.56 Å². The molecule has 0 bridgehead atoms. The Labute approximate surface area is 198 Å². The first kappa shape index (κ1) is 24.3. The zero-order valence-corrected chi connectivity index (χ0v) is 19.1. The highest BCUT2D eigenvalue weighted by Gasteiger charge is 2.15. The summed E-state index contributed by atoms with van der Waals surface area (Å²) < 4.78 is 17.0. The number of hydrogen-bond acceptors (Lipinski definition) is 6. The lowest BCUT2D eigenvalue weighted by molar-refractivity contribution is -0.136. The summed E-state index contributed by atoms with van der Waals surface area (Å²) >= 11 is 0. The first-order valence-corrected chi connectivity index (χ1v) is 10.9. The second-order valence-corrected chi connectivity index (χ2v) is 7.00. The molecule has 2 N–H and O–H groups in total. The Hall–Kier alpha value is -4.33. The predicted octanol–water partition coefficient (Wildman–Crippen LogP) is 4.15. The van der Waals surface area contributed by atoms with Gasteiger partial charge in [-0.15, -0.1) is 0 Å². The normalized spacial score (nSPS) is 10.5. The minimum atomic E-state index is -0.907. The third-order valence-corrected chi connectivity index (χ3v) is 4.53. The topological polar surface area (TPSA) is 98.2 Å². The van der Waals surface area contributed by atoms with Crippen LogP contribution >= 0.6 is 0 Å². The van der Waals surface area contributed by atoms with Crippen molar-refractivity contribution in [2.45, 2.75) is 20.5 Å². The third kappa shape index (κ3) is 7.09. The highest BCUT2D eigenvalue weighted by Crippen LogP contribution is 2.29. The summed E-state index contributed by atoms with van der Waals surface area (Å²) in [5, 5.41) is 6.39. The van der Waals surface area contributed by atoms with Crippen molar-refractivity contribution in [1.82, 2.24) is 5.43 Å². The zero-order chi connectivity index (χ0) is 24.2. The number of nitrogens with zero attached hydrogens (tertiary/aromatic N) is 1. The first-order valence-electron chi connectivity index (χ1n) is 10.9. The average Bonchev–Trinajstić information content (AvgIpc) is 2.85. The predicted molar refractivity (Wildman–Crippen MR) is 130 cm³/mol. The molecule has 34 heavy (non-hydrogen) atoms. The fourth-order valence-electron chi connectivity index (χ4n) is 2.97. The minimum absolute atomic E-state index is 0.404.